The molecule has 1 aromatic heterocycles. The Balaban J connectivity index is 1.40. The van der Waals surface area contributed by atoms with Crippen LogP contribution in [0, 0.1) is 11.2 Å². The molecule has 1 fully saturated rings. The van der Waals surface area contributed by atoms with Crippen LogP contribution in [-0.4, -0.2) is 24.0 Å². The number of aromatic nitrogens is 1. The van der Waals surface area contributed by atoms with Crippen molar-refractivity contribution >= 4 is 34.1 Å². The summed E-state index contributed by atoms with van der Waals surface area (Å²) >= 11 is 6.00. The van der Waals surface area contributed by atoms with Crippen molar-refractivity contribution in [1.82, 2.24) is 10.3 Å². The van der Waals surface area contributed by atoms with E-state index in [9.17, 15) is 9.18 Å². The molecule has 0 radical (unpaired) electrons. The largest absolute Gasteiger partial charge is 0.371 e. The second-order valence-electron chi connectivity index (χ2n) is 9.65. The molecule has 3 aromatic rings. The number of halogens is 2. The van der Waals surface area contributed by atoms with Gasteiger partial charge in [-0.05, 0) is 74.1 Å². The molecule has 1 saturated heterocycles. The van der Waals surface area contributed by atoms with Gasteiger partial charge in [0.2, 0.25) is 5.91 Å². The molecule has 0 atom stereocenters. The molecule has 0 aliphatic carbocycles. The van der Waals surface area contributed by atoms with Gasteiger partial charge in [-0.2, -0.15) is 0 Å². The van der Waals surface area contributed by atoms with Crippen LogP contribution in [0.4, 0.5) is 10.1 Å². The van der Waals surface area contributed by atoms with Gasteiger partial charge in [-0.1, -0.05) is 30.7 Å². The van der Waals surface area contributed by atoms with Crippen molar-refractivity contribution in [3.8, 4) is 0 Å². The van der Waals surface area contributed by atoms with Crippen molar-refractivity contribution < 1.29 is 9.18 Å². The number of anilines is 1. The van der Waals surface area contributed by atoms with Crippen LogP contribution in [0.3, 0.4) is 0 Å². The minimum Gasteiger partial charge on any atom is -0.371 e. The highest BCUT2D eigenvalue weighted by Crippen LogP contribution is 2.38. The van der Waals surface area contributed by atoms with E-state index in [0.717, 1.165) is 48.1 Å². The number of pyridine rings is 1. The molecular weight excluding hydrogens is 425 g/mol. The van der Waals surface area contributed by atoms with E-state index in [1.807, 2.05) is 44.2 Å². The van der Waals surface area contributed by atoms with Gasteiger partial charge in [0, 0.05) is 41.8 Å². The number of hydrogen-bond acceptors (Lipinski definition) is 3. The molecule has 2 aromatic carbocycles. The molecule has 2 heterocycles. The molecule has 0 saturated carbocycles. The van der Waals surface area contributed by atoms with Gasteiger partial charge in [-0.15, -0.1) is 0 Å². The first-order valence-corrected chi connectivity index (χ1v) is 11.4. The van der Waals surface area contributed by atoms with E-state index in [-0.39, 0.29) is 17.1 Å². The highest BCUT2D eigenvalue weighted by atomic mass is 35.5. The second-order valence-corrected chi connectivity index (χ2v) is 10.1. The SMILES string of the molecule is CC1(CC(=O)NC(C)(C)c2ccc(Cl)cc2)CCN(c2ccnc3ccc(F)cc23)CC1. The first-order valence-electron chi connectivity index (χ1n) is 11.0. The van der Waals surface area contributed by atoms with E-state index in [1.54, 1.807) is 18.3 Å². The van der Waals surface area contributed by atoms with Gasteiger partial charge in [0.25, 0.3) is 0 Å². The molecule has 1 aliphatic rings. The predicted octanol–water partition coefficient (Wildman–Crippen LogP) is 6.08. The lowest BCUT2D eigenvalue weighted by molar-refractivity contribution is -0.125. The molecule has 0 unspecified atom stereocenters. The number of nitrogens with one attached hydrogen (secondary N) is 1. The van der Waals surface area contributed by atoms with Gasteiger partial charge in [-0.25, -0.2) is 4.39 Å². The maximum atomic E-state index is 13.8. The smallest absolute Gasteiger partial charge is 0.221 e. The summed E-state index contributed by atoms with van der Waals surface area (Å²) in [5.41, 5.74) is 2.27. The number of benzene rings is 2. The third-order valence-electron chi connectivity index (χ3n) is 6.60. The summed E-state index contributed by atoms with van der Waals surface area (Å²) in [6.45, 7) is 7.84. The lowest BCUT2D eigenvalue weighted by Gasteiger charge is -2.41. The van der Waals surface area contributed by atoms with Crippen molar-refractivity contribution in [1.29, 1.82) is 0 Å². The Morgan fingerprint density at radius 2 is 1.84 bits per heavy atom. The molecule has 168 valence electrons. The fourth-order valence-electron chi connectivity index (χ4n) is 4.56. The summed E-state index contributed by atoms with van der Waals surface area (Å²) in [5.74, 6) is -0.203. The number of carbonyl (C=O) groups is 1. The van der Waals surface area contributed by atoms with Crippen LogP contribution in [0.2, 0.25) is 5.02 Å². The Bertz CT molecular complexity index is 1120. The van der Waals surface area contributed by atoms with E-state index >= 15 is 0 Å². The standard InChI is InChI=1S/C26H29ClFN3O/c1-25(2,18-4-6-19(27)7-5-18)30-24(32)17-26(3)11-14-31(15-12-26)23-10-13-29-22-9-8-20(28)16-21(22)23/h4-10,13,16H,11-12,14-15,17H2,1-3H3,(H,30,32). The molecular formula is C26H29ClFN3O. The van der Waals surface area contributed by atoms with Gasteiger partial charge in [0.1, 0.15) is 5.82 Å². The van der Waals surface area contributed by atoms with E-state index in [4.69, 9.17) is 11.6 Å². The molecule has 1 amide bonds. The van der Waals surface area contributed by atoms with Gasteiger partial charge in [0.15, 0.2) is 0 Å². The number of carbonyl (C=O) groups excluding carboxylic acids is 1. The van der Waals surface area contributed by atoms with Gasteiger partial charge < -0.3 is 10.2 Å². The summed E-state index contributed by atoms with van der Waals surface area (Å²) in [4.78, 5) is 19.6. The fraction of sp³-hybridized carbons (Fsp3) is 0.385. The molecule has 6 heteroatoms. The average molecular weight is 454 g/mol. The molecule has 0 bridgehead atoms. The van der Waals surface area contributed by atoms with E-state index in [2.05, 4.69) is 22.1 Å². The summed E-state index contributed by atoms with van der Waals surface area (Å²) < 4.78 is 13.8. The number of nitrogens with zero attached hydrogens (tertiary/aromatic N) is 2. The molecule has 4 nitrogen and oxygen atoms in total. The minimum atomic E-state index is -0.473. The third kappa shape index (κ3) is 4.88. The summed E-state index contributed by atoms with van der Waals surface area (Å²) in [7, 11) is 0. The Kier molecular flexibility index (Phi) is 6.13. The first-order chi connectivity index (χ1) is 15.2. The van der Waals surface area contributed by atoms with Gasteiger partial charge in [0.05, 0.1) is 11.1 Å². The van der Waals surface area contributed by atoms with Crippen molar-refractivity contribution in [3.63, 3.8) is 0 Å². The van der Waals surface area contributed by atoms with Crippen LogP contribution >= 0.6 is 11.6 Å². The summed E-state index contributed by atoms with van der Waals surface area (Å²) in [5, 5.41) is 4.70. The molecule has 1 aliphatic heterocycles. The van der Waals surface area contributed by atoms with Crippen molar-refractivity contribution in [2.45, 2.75) is 45.6 Å². The second kappa shape index (κ2) is 8.70. The minimum absolute atomic E-state index is 0.0531. The first kappa shape index (κ1) is 22.5. The average Bonchev–Trinajstić information content (AvgIpc) is 2.73. The number of amides is 1. The van der Waals surface area contributed by atoms with Crippen LogP contribution in [0.5, 0.6) is 0 Å². The maximum absolute atomic E-state index is 13.8. The summed E-state index contributed by atoms with van der Waals surface area (Å²) in [6.07, 6.45) is 4.03. The highest BCUT2D eigenvalue weighted by Gasteiger charge is 2.34. The normalized spacial score (nSPS) is 16.2. The Morgan fingerprint density at radius 3 is 2.53 bits per heavy atom. The molecule has 4 rings (SSSR count). The van der Waals surface area contributed by atoms with Crippen LogP contribution < -0.4 is 10.2 Å². The highest BCUT2D eigenvalue weighted by molar-refractivity contribution is 6.30. The van der Waals surface area contributed by atoms with Crippen LogP contribution in [-0.2, 0) is 10.3 Å². The quantitative estimate of drug-likeness (QED) is 0.509. The zero-order valence-electron chi connectivity index (χ0n) is 18.8. The lowest BCUT2D eigenvalue weighted by Crippen LogP contribution is -2.45. The van der Waals surface area contributed by atoms with Crippen LogP contribution in [0.1, 0.15) is 45.6 Å². The van der Waals surface area contributed by atoms with Crippen molar-refractivity contribution in [2.75, 3.05) is 18.0 Å². The predicted molar refractivity (Wildman–Crippen MR) is 128 cm³/mol. The van der Waals surface area contributed by atoms with E-state index < -0.39 is 5.54 Å². The number of piperidine rings is 1. The third-order valence-corrected chi connectivity index (χ3v) is 6.85. The molecule has 0 spiro atoms. The number of rotatable bonds is 5. The monoisotopic (exact) mass is 453 g/mol. The van der Waals surface area contributed by atoms with E-state index in [0.29, 0.717) is 11.4 Å². The maximum Gasteiger partial charge on any atom is 0.221 e. The van der Waals surface area contributed by atoms with Gasteiger partial charge in [-0.3, -0.25) is 9.78 Å². The zero-order valence-corrected chi connectivity index (χ0v) is 19.5. The number of fused-ring (bicyclic) bond motifs is 1. The molecule has 1 N–H and O–H groups in total. The van der Waals surface area contributed by atoms with Crippen LogP contribution in [0.25, 0.3) is 10.9 Å². The lowest BCUT2D eigenvalue weighted by atomic mass is 9.77. The van der Waals surface area contributed by atoms with Crippen LogP contribution in [0.15, 0.2) is 54.7 Å². The Morgan fingerprint density at radius 1 is 1.16 bits per heavy atom. The summed E-state index contributed by atoms with van der Waals surface area (Å²) in [6, 6.07) is 14.2. The topological polar surface area (TPSA) is 45.2 Å². The van der Waals surface area contributed by atoms with Gasteiger partial charge >= 0.3 is 0 Å². The Labute approximate surface area is 193 Å². The van der Waals surface area contributed by atoms with Crippen molar-refractivity contribution in [3.05, 3.63) is 71.1 Å². The zero-order chi connectivity index (χ0) is 22.9. The molecule has 32 heavy (non-hydrogen) atoms. The van der Waals surface area contributed by atoms with Crippen molar-refractivity contribution in [2.24, 2.45) is 5.41 Å². The fourth-order valence-corrected chi connectivity index (χ4v) is 4.69. The Hall–Kier alpha value is -2.66. The number of hydrogen-bond donors (Lipinski definition) is 1. The van der Waals surface area contributed by atoms with E-state index in [1.165, 1.54) is 6.07 Å².